The molecule has 1 aromatic heterocycles. The van der Waals surface area contributed by atoms with Crippen molar-refractivity contribution in [1.29, 1.82) is 0 Å². The first-order chi connectivity index (χ1) is 6.98. The van der Waals surface area contributed by atoms with Gasteiger partial charge >= 0.3 is 0 Å². The monoisotopic (exact) mass is 249 g/mol. The van der Waals surface area contributed by atoms with E-state index in [2.05, 4.69) is 0 Å². The molecular weight excluding hydrogens is 234 g/mol. The Morgan fingerprint density at radius 3 is 2.73 bits per heavy atom. The molecule has 0 aliphatic rings. The summed E-state index contributed by atoms with van der Waals surface area (Å²) < 4.78 is 24.8. The highest BCUT2D eigenvalue weighted by molar-refractivity contribution is 7.89. The molecule has 1 rings (SSSR count). The summed E-state index contributed by atoms with van der Waals surface area (Å²) in [6, 6.07) is 3.77. The maximum absolute atomic E-state index is 11.8. The van der Waals surface area contributed by atoms with Crippen LogP contribution in [0.1, 0.15) is 11.8 Å². The van der Waals surface area contributed by atoms with Gasteiger partial charge in [-0.05, 0) is 18.4 Å². The van der Waals surface area contributed by atoms with E-state index >= 15 is 0 Å². The van der Waals surface area contributed by atoms with Gasteiger partial charge in [-0.25, -0.2) is 8.42 Å². The summed E-state index contributed by atoms with van der Waals surface area (Å²) in [5, 5.41) is 10.0. The van der Waals surface area contributed by atoms with Crippen LogP contribution in [0, 0.1) is 0 Å². The highest BCUT2D eigenvalue weighted by Crippen LogP contribution is 2.15. The van der Waals surface area contributed by atoms with E-state index in [9.17, 15) is 8.42 Å². The predicted molar refractivity (Wildman–Crippen MR) is 61.3 cm³/mol. The molecule has 0 aliphatic carbocycles. The molecule has 0 spiro atoms. The van der Waals surface area contributed by atoms with Crippen LogP contribution in [0.2, 0.25) is 0 Å². The molecule has 86 valence electrons. The van der Waals surface area contributed by atoms with Crippen molar-refractivity contribution >= 4 is 21.4 Å². The van der Waals surface area contributed by atoms with E-state index in [0.717, 1.165) is 4.88 Å². The molecule has 1 unspecified atom stereocenters. The Kier molecular flexibility index (Phi) is 4.27. The predicted octanol–water partition coefficient (Wildman–Crippen LogP) is 0.890. The third-order valence-corrected chi connectivity index (χ3v) is 5.18. The minimum Gasteiger partial charge on any atom is -0.395 e. The zero-order valence-corrected chi connectivity index (χ0v) is 10.4. The molecule has 6 heteroatoms. The van der Waals surface area contributed by atoms with Crippen LogP contribution in [0.15, 0.2) is 17.5 Å². The Labute approximate surface area is 94.2 Å². The summed E-state index contributed by atoms with van der Waals surface area (Å²) in [4.78, 5) is 0.992. The maximum Gasteiger partial charge on any atom is 0.219 e. The lowest BCUT2D eigenvalue weighted by Gasteiger charge is -2.19. The van der Waals surface area contributed by atoms with Crippen LogP contribution in [-0.4, -0.2) is 36.7 Å². The third kappa shape index (κ3) is 3.01. The summed E-state index contributed by atoms with van der Waals surface area (Å²) in [6.07, 6.45) is 0. The van der Waals surface area contributed by atoms with Crippen molar-refractivity contribution in [3.05, 3.63) is 22.4 Å². The second kappa shape index (κ2) is 5.07. The fraction of sp³-hybridized carbons (Fsp3) is 0.556. The molecule has 4 nitrogen and oxygen atoms in total. The number of sulfonamides is 1. The average Bonchev–Trinajstić information content (AvgIpc) is 2.68. The van der Waals surface area contributed by atoms with Crippen LogP contribution in [0.5, 0.6) is 0 Å². The van der Waals surface area contributed by atoms with Gasteiger partial charge in [-0.1, -0.05) is 6.07 Å². The second-order valence-corrected chi connectivity index (χ2v) is 6.86. The number of rotatable bonds is 5. The van der Waals surface area contributed by atoms with Crippen molar-refractivity contribution in [2.75, 3.05) is 13.7 Å². The molecule has 1 atom stereocenters. The summed E-state index contributed by atoms with van der Waals surface area (Å²) >= 11 is 1.52. The number of aliphatic hydroxyl groups excluding tert-OH is 1. The van der Waals surface area contributed by atoms with E-state index in [4.69, 9.17) is 5.11 Å². The van der Waals surface area contributed by atoms with Crippen molar-refractivity contribution in [1.82, 2.24) is 4.31 Å². The number of nitrogens with zero attached hydrogens (tertiary/aromatic N) is 1. The summed E-state index contributed by atoms with van der Waals surface area (Å²) in [5.74, 6) is 0. The topological polar surface area (TPSA) is 57.6 Å². The fourth-order valence-electron chi connectivity index (χ4n) is 1.11. The number of thiophene rings is 1. The van der Waals surface area contributed by atoms with Crippen molar-refractivity contribution in [3.63, 3.8) is 0 Å². The number of aliphatic hydroxyl groups is 1. The van der Waals surface area contributed by atoms with E-state index in [1.54, 1.807) is 0 Å². The molecular formula is C9H15NO3S2. The Morgan fingerprint density at radius 1 is 1.60 bits per heavy atom. The molecule has 0 amide bonds. The largest absolute Gasteiger partial charge is 0.395 e. The molecule has 0 aliphatic heterocycles. The standard InChI is InChI=1S/C9H15NO3S2/c1-8(7-11)15(12,13)10(2)6-9-4-3-5-14-9/h3-5,8,11H,6-7H2,1-2H3. The fourth-order valence-corrected chi connectivity index (χ4v) is 3.07. The molecule has 1 N–H and O–H groups in total. The molecule has 0 fully saturated rings. The first kappa shape index (κ1) is 12.6. The van der Waals surface area contributed by atoms with Crippen LogP contribution in [-0.2, 0) is 16.6 Å². The van der Waals surface area contributed by atoms with E-state index in [0.29, 0.717) is 6.54 Å². The van der Waals surface area contributed by atoms with Crippen molar-refractivity contribution in [2.24, 2.45) is 0 Å². The first-order valence-electron chi connectivity index (χ1n) is 4.57. The zero-order chi connectivity index (χ0) is 11.5. The SMILES string of the molecule is CC(CO)S(=O)(=O)N(C)Cc1cccs1. The third-order valence-electron chi connectivity index (χ3n) is 2.16. The Morgan fingerprint density at radius 2 is 2.27 bits per heavy atom. The smallest absolute Gasteiger partial charge is 0.219 e. The first-order valence-corrected chi connectivity index (χ1v) is 6.95. The molecule has 0 radical (unpaired) electrons. The van der Waals surface area contributed by atoms with Crippen LogP contribution in [0.4, 0.5) is 0 Å². The highest BCUT2D eigenvalue weighted by Gasteiger charge is 2.25. The van der Waals surface area contributed by atoms with Gasteiger partial charge in [0.15, 0.2) is 0 Å². The van der Waals surface area contributed by atoms with Gasteiger partial charge in [0.1, 0.15) is 0 Å². The van der Waals surface area contributed by atoms with Crippen LogP contribution < -0.4 is 0 Å². The van der Waals surface area contributed by atoms with Gasteiger partial charge < -0.3 is 5.11 Å². The summed E-state index contributed by atoms with van der Waals surface area (Å²) in [7, 11) is -1.85. The molecule has 0 aromatic carbocycles. The molecule has 0 bridgehead atoms. The second-order valence-electron chi connectivity index (χ2n) is 3.37. The molecule has 0 saturated carbocycles. The summed E-state index contributed by atoms with van der Waals surface area (Å²) in [5.41, 5.74) is 0. The lowest BCUT2D eigenvalue weighted by Crippen LogP contribution is -2.35. The Hall–Kier alpha value is -0.430. The van der Waals surface area contributed by atoms with Crippen molar-refractivity contribution in [2.45, 2.75) is 18.7 Å². The van der Waals surface area contributed by atoms with Gasteiger partial charge in [0, 0.05) is 18.5 Å². The molecule has 15 heavy (non-hydrogen) atoms. The van der Waals surface area contributed by atoms with Crippen molar-refractivity contribution in [3.8, 4) is 0 Å². The van der Waals surface area contributed by atoms with Gasteiger partial charge in [-0.2, -0.15) is 4.31 Å². The van der Waals surface area contributed by atoms with E-state index in [-0.39, 0.29) is 6.61 Å². The lowest BCUT2D eigenvalue weighted by molar-refractivity contribution is 0.290. The zero-order valence-electron chi connectivity index (χ0n) is 8.75. The van der Waals surface area contributed by atoms with Crippen molar-refractivity contribution < 1.29 is 13.5 Å². The Balaban J connectivity index is 2.72. The quantitative estimate of drug-likeness (QED) is 0.843. The number of hydrogen-bond donors (Lipinski definition) is 1. The summed E-state index contributed by atoms with van der Waals surface area (Å²) in [6.45, 7) is 1.52. The number of hydrogen-bond acceptors (Lipinski definition) is 4. The molecule has 1 aromatic rings. The molecule has 0 saturated heterocycles. The van der Waals surface area contributed by atoms with Crippen LogP contribution in [0.25, 0.3) is 0 Å². The maximum atomic E-state index is 11.8. The lowest BCUT2D eigenvalue weighted by atomic mass is 10.5. The Bertz CT molecular complexity index is 385. The van der Waals surface area contributed by atoms with E-state index in [1.807, 2.05) is 17.5 Å². The van der Waals surface area contributed by atoms with Crippen LogP contribution >= 0.6 is 11.3 Å². The van der Waals surface area contributed by atoms with Gasteiger partial charge in [-0.3, -0.25) is 0 Å². The highest BCUT2D eigenvalue weighted by atomic mass is 32.2. The molecule has 1 heterocycles. The average molecular weight is 249 g/mol. The van der Waals surface area contributed by atoms with Gasteiger partial charge in [0.05, 0.1) is 11.9 Å². The minimum atomic E-state index is -3.38. The van der Waals surface area contributed by atoms with E-state index < -0.39 is 15.3 Å². The minimum absolute atomic E-state index is 0.350. The van der Waals surface area contributed by atoms with E-state index in [1.165, 1.54) is 29.6 Å². The van der Waals surface area contributed by atoms with Gasteiger partial charge in [0.2, 0.25) is 10.0 Å². The van der Waals surface area contributed by atoms with Gasteiger partial charge in [0.25, 0.3) is 0 Å². The normalized spacial score (nSPS) is 14.4. The van der Waals surface area contributed by atoms with Crippen LogP contribution in [0.3, 0.4) is 0 Å². The van der Waals surface area contributed by atoms with Gasteiger partial charge in [-0.15, -0.1) is 11.3 Å².